The molecule has 148 valence electrons. The van der Waals surface area contributed by atoms with Gasteiger partial charge in [0.25, 0.3) is 0 Å². The zero-order chi connectivity index (χ0) is 19.8. The normalized spacial score (nSPS) is 29.2. The zero-order valence-electron chi connectivity index (χ0n) is 18.8. The first-order valence-electron chi connectivity index (χ1n) is 9.91. The smallest absolute Gasteiger partial charge is 0.125 e. The molecule has 0 radical (unpaired) electrons. The molecular formula is C24H35INdO. The zero-order valence-corrected chi connectivity index (χ0v) is 24.1. The van der Waals surface area contributed by atoms with E-state index in [1.54, 1.807) is 0 Å². The molecular weight excluding hydrogens is 575 g/mol. The van der Waals surface area contributed by atoms with E-state index in [0.29, 0.717) is 3.92 Å². The molecule has 1 atom stereocenters. The Hall–Kier alpha value is 1.00. The second-order valence-corrected chi connectivity index (χ2v) is 11.1. The van der Waals surface area contributed by atoms with Crippen molar-refractivity contribution in [3.05, 3.63) is 44.6 Å². The topological polar surface area (TPSA) is 9.23 Å². The molecule has 0 amide bonds. The summed E-state index contributed by atoms with van der Waals surface area (Å²) in [6, 6.07) is 0. The second kappa shape index (κ2) is 7.60. The minimum Gasteiger partial charge on any atom is -0.365 e. The number of ether oxygens (including phenoxy) is 1. The predicted octanol–water partition coefficient (Wildman–Crippen LogP) is 7.33. The predicted molar refractivity (Wildman–Crippen MR) is 121 cm³/mol. The van der Waals surface area contributed by atoms with Crippen LogP contribution in [0.2, 0.25) is 0 Å². The molecule has 0 saturated carbocycles. The molecule has 0 aromatic rings. The van der Waals surface area contributed by atoms with Crippen LogP contribution < -0.4 is 0 Å². The van der Waals surface area contributed by atoms with E-state index in [2.05, 4.69) is 91.8 Å². The Balaban J connectivity index is 0.00000261. The van der Waals surface area contributed by atoms with Gasteiger partial charge in [-0.1, -0.05) is 61.4 Å². The summed E-state index contributed by atoms with van der Waals surface area (Å²) >= 11 is 2.68. The van der Waals surface area contributed by atoms with Crippen LogP contribution >= 0.6 is 22.6 Å². The fourth-order valence-corrected chi connectivity index (χ4v) is 6.93. The number of alkyl halides is 1. The van der Waals surface area contributed by atoms with Crippen LogP contribution in [0.1, 0.15) is 75.7 Å². The maximum Gasteiger partial charge on any atom is 0.125 e. The van der Waals surface area contributed by atoms with Gasteiger partial charge in [-0.3, -0.25) is 0 Å². The number of hydrogen-bond donors (Lipinski definition) is 0. The third-order valence-electron chi connectivity index (χ3n) is 8.01. The first-order chi connectivity index (χ1) is 11.8. The van der Waals surface area contributed by atoms with Gasteiger partial charge >= 0.3 is 0 Å². The van der Waals surface area contributed by atoms with Crippen LogP contribution in [-0.4, -0.2) is 16.1 Å². The van der Waals surface area contributed by atoms with E-state index < -0.39 is 0 Å². The quantitative estimate of drug-likeness (QED) is 0.235. The van der Waals surface area contributed by atoms with Crippen molar-refractivity contribution in [1.82, 2.24) is 0 Å². The fourth-order valence-electron chi connectivity index (χ4n) is 5.87. The molecule has 2 aliphatic carbocycles. The first-order valence-corrected chi connectivity index (χ1v) is 11.2. The standard InChI is InChI=1S/C24H35IO.Nd/c1-13-15(3)20(22(7,8)17(13)5)24(19(25)11-12-26-24)21-16(4)14(2)18(6)23(21,9)10;/h19H,11-12H2,1-10H3;. The molecule has 1 nitrogen and oxygen atoms in total. The Morgan fingerprint density at radius 3 is 1.33 bits per heavy atom. The van der Waals surface area contributed by atoms with Gasteiger partial charge in [-0.15, -0.1) is 0 Å². The summed E-state index contributed by atoms with van der Waals surface area (Å²) in [5.41, 5.74) is 11.6. The molecule has 0 aromatic carbocycles. The van der Waals surface area contributed by atoms with Gasteiger partial charge in [-0.2, -0.15) is 0 Å². The van der Waals surface area contributed by atoms with E-state index in [1.807, 2.05) is 0 Å². The van der Waals surface area contributed by atoms with Gasteiger partial charge in [0.1, 0.15) is 5.60 Å². The van der Waals surface area contributed by atoms with Gasteiger partial charge in [-0.25, -0.2) is 0 Å². The van der Waals surface area contributed by atoms with Gasteiger partial charge in [-0.05, 0) is 81.4 Å². The van der Waals surface area contributed by atoms with Crippen molar-refractivity contribution < 1.29 is 45.6 Å². The van der Waals surface area contributed by atoms with Crippen LogP contribution in [0.25, 0.3) is 0 Å². The maximum atomic E-state index is 6.85. The molecule has 3 aliphatic rings. The SMILES string of the molecule is CC1=C(C)C(C)(C)C(C2(C3=C(C)C(C)=C(C)C3(C)C)OCCC2I)=C1C.[Nd]. The van der Waals surface area contributed by atoms with E-state index in [-0.39, 0.29) is 57.3 Å². The summed E-state index contributed by atoms with van der Waals surface area (Å²) in [5.74, 6) is 0. The average molecular weight is 611 g/mol. The van der Waals surface area contributed by atoms with Crippen molar-refractivity contribution in [2.24, 2.45) is 10.8 Å². The molecule has 0 bridgehead atoms. The summed E-state index contributed by atoms with van der Waals surface area (Å²) in [6.07, 6.45) is 1.12. The largest absolute Gasteiger partial charge is 0.365 e. The molecule has 1 fully saturated rings. The minimum absolute atomic E-state index is 0. The third-order valence-corrected chi connectivity index (χ3v) is 9.51. The fraction of sp³-hybridized carbons (Fsp3) is 0.667. The Morgan fingerprint density at radius 1 is 0.741 bits per heavy atom. The molecule has 3 heteroatoms. The number of halogens is 1. The monoisotopic (exact) mass is 608 g/mol. The van der Waals surface area contributed by atoms with Crippen molar-refractivity contribution in [3.8, 4) is 0 Å². The first kappa shape index (κ1) is 24.3. The summed E-state index contributed by atoms with van der Waals surface area (Å²) in [4.78, 5) is 0. The van der Waals surface area contributed by atoms with Gasteiger partial charge in [0.2, 0.25) is 0 Å². The van der Waals surface area contributed by atoms with Crippen LogP contribution in [0.4, 0.5) is 0 Å². The average Bonchev–Trinajstić information content (AvgIpc) is 3.03. The Bertz CT molecular complexity index is 746. The number of rotatable bonds is 2. The Kier molecular flexibility index (Phi) is 6.83. The van der Waals surface area contributed by atoms with Crippen molar-refractivity contribution >= 4 is 22.6 Å². The van der Waals surface area contributed by atoms with E-state index in [9.17, 15) is 0 Å². The van der Waals surface area contributed by atoms with E-state index in [4.69, 9.17) is 4.74 Å². The van der Waals surface area contributed by atoms with Crippen LogP contribution in [0.3, 0.4) is 0 Å². The molecule has 3 rings (SSSR count). The summed E-state index contributed by atoms with van der Waals surface area (Å²) in [7, 11) is 0. The van der Waals surface area contributed by atoms with Crippen molar-refractivity contribution in [2.45, 2.75) is 85.2 Å². The number of hydrogen-bond acceptors (Lipinski definition) is 1. The van der Waals surface area contributed by atoms with Gasteiger partial charge in [0.15, 0.2) is 0 Å². The van der Waals surface area contributed by atoms with Crippen molar-refractivity contribution in [2.75, 3.05) is 6.61 Å². The second-order valence-electron chi connectivity index (χ2n) is 9.59. The molecule has 1 saturated heterocycles. The molecule has 0 spiro atoms. The van der Waals surface area contributed by atoms with Crippen LogP contribution in [0, 0.1) is 51.7 Å². The van der Waals surface area contributed by atoms with Gasteiger partial charge in [0, 0.05) is 58.3 Å². The van der Waals surface area contributed by atoms with Crippen molar-refractivity contribution in [3.63, 3.8) is 0 Å². The Labute approximate surface area is 213 Å². The summed E-state index contributed by atoms with van der Waals surface area (Å²) < 4.78 is 7.31. The molecule has 0 N–H and O–H groups in total. The van der Waals surface area contributed by atoms with E-state index in [1.165, 1.54) is 44.6 Å². The van der Waals surface area contributed by atoms with E-state index in [0.717, 1.165) is 13.0 Å². The summed E-state index contributed by atoms with van der Waals surface area (Å²) in [6.45, 7) is 24.3. The molecule has 1 heterocycles. The molecule has 1 aliphatic heterocycles. The minimum atomic E-state index is -0.292. The van der Waals surface area contributed by atoms with Crippen LogP contribution in [0.5, 0.6) is 0 Å². The van der Waals surface area contributed by atoms with Crippen LogP contribution in [-0.2, 0) is 4.74 Å². The van der Waals surface area contributed by atoms with Gasteiger partial charge in [0.05, 0.1) is 3.92 Å². The Morgan fingerprint density at radius 2 is 1.11 bits per heavy atom. The van der Waals surface area contributed by atoms with E-state index >= 15 is 0 Å². The summed E-state index contributed by atoms with van der Waals surface area (Å²) in [5, 5.41) is 0. The third kappa shape index (κ3) is 3.08. The number of allylic oxidation sites excluding steroid dienone is 6. The maximum absolute atomic E-state index is 6.85. The van der Waals surface area contributed by atoms with Crippen molar-refractivity contribution in [1.29, 1.82) is 0 Å². The molecule has 0 aromatic heterocycles. The molecule has 27 heavy (non-hydrogen) atoms. The van der Waals surface area contributed by atoms with Gasteiger partial charge < -0.3 is 4.74 Å². The molecule has 1 unspecified atom stereocenters. The van der Waals surface area contributed by atoms with Crippen LogP contribution in [0.15, 0.2) is 44.6 Å².